The summed E-state index contributed by atoms with van der Waals surface area (Å²) < 4.78 is 8.61. The normalized spacial score (nSPS) is 11.5. The highest BCUT2D eigenvalue weighted by Gasteiger charge is 2.14. The topological polar surface area (TPSA) is 50.0 Å². The fourth-order valence-corrected chi connectivity index (χ4v) is 2.90. The van der Waals surface area contributed by atoms with Crippen molar-refractivity contribution in [2.45, 2.75) is 59.5 Å². The number of aromatic amines is 1. The number of furan rings is 1. The zero-order chi connectivity index (χ0) is 16.7. The minimum absolute atomic E-state index is 0.632. The first-order valence-electron chi connectivity index (χ1n) is 8.66. The first-order valence-corrected chi connectivity index (χ1v) is 9.07. The van der Waals surface area contributed by atoms with Crippen molar-refractivity contribution >= 4 is 12.2 Å². The van der Waals surface area contributed by atoms with E-state index in [2.05, 4.69) is 41.9 Å². The number of hydrogen-bond acceptors (Lipinski definition) is 4. The second-order valence-electron chi connectivity index (χ2n) is 5.85. The third-order valence-corrected chi connectivity index (χ3v) is 4.30. The SMILES string of the molecule is CCCCN(CCCC)Cc1ccc(-c2n[nH]c(=S)n2CC)o1. The van der Waals surface area contributed by atoms with E-state index in [0.29, 0.717) is 4.77 Å². The molecule has 0 fully saturated rings. The largest absolute Gasteiger partial charge is 0.456 e. The second kappa shape index (κ2) is 9.03. The van der Waals surface area contributed by atoms with Gasteiger partial charge in [-0.25, -0.2) is 0 Å². The summed E-state index contributed by atoms with van der Waals surface area (Å²) in [7, 11) is 0. The van der Waals surface area contributed by atoms with Crippen LogP contribution < -0.4 is 0 Å². The molecule has 2 rings (SSSR count). The lowest BCUT2D eigenvalue weighted by atomic mass is 10.2. The molecule has 2 heterocycles. The third-order valence-electron chi connectivity index (χ3n) is 3.99. The fraction of sp³-hybridized carbons (Fsp3) is 0.647. The van der Waals surface area contributed by atoms with Crippen molar-refractivity contribution in [3.05, 3.63) is 22.7 Å². The molecule has 0 aliphatic carbocycles. The lowest BCUT2D eigenvalue weighted by molar-refractivity contribution is 0.237. The number of rotatable bonds is 10. The second-order valence-corrected chi connectivity index (χ2v) is 6.23. The Bertz CT molecular complexity index is 635. The van der Waals surface area contributed by atoms with E-state index in [1.165, 1.54) is 25.7 Å². The predicted octanol–water partition coefficient (Wildman–Crippen LogP) is 4.62. The summed E-state index contributed by atoms with van der Waals surface area (Å²) in [5.74, 6) is 2.54. The van der Waals surface area contributed by atoms with E-state index >= 15 is 0 Å². The van der Waals surface area contributed by atoms with Crippen molar-refractivity contribution in [2.75, 3.05) is 13.1 Å². The first-order chi connectivity index (χ1) is 11.2. The third kappa shape index (κ3) is 4.78. The number of unbranched alkanes of at least 4 members (excludes halogenated alkanes) is 2. The highest BCUT2D eigenvalue weighted by atomic mass is 32.1. The van der Waals surface area contributed by atoms with Gasteiger partial charge in [0.15, 0.2) is 16.4 Å². The van der Waals surface area contributed by atoms with Crippen molar-refractivity contribution in [3.63, 3.8) is 0 Å². The van der Waals surface area contributed by atoms with Gasteiger partial charge in [0, 0.05) is 6.54 Å². The molecule has 23 heavy (non-hydrogen) atoms. The average Bonchev–Trinajstić information content (AvgIpc) is 3.15. The zero-order valence-corrected chi connectivity index (χ0v) is 15.3. The smallest absolute Gasteiger partial charge is 0.198 e. The average molecular weight is 337 g/mol. The van der Waals surface area contributed by atoms with Crippen molar-refractivity contribution in [3.8, 4) is 11.6 Å². The van der Waals surface area contributed by atoms with Gasteiger partial charge in [0.2, 0.25) is 0 Å². The molecular formula is C17H28N4OS. The highest BCUT2D eigenvalue weighted by Crippen LogP contribution is 2.21. The van der Waals surface area contributed by atoms with Crippen molar-refractivity contribution in [1.29, 1.82) is 0 Å². The highest BCUT2D eigenvalue weighted by molar-refractivity contribution is 7.71. The molecule has 5 nitrogen and oxygen atoms in total. The van der Waals surface area contributed by atoms with Gasteiger partial charge in [-0.1, -0.05) is 26.7 Å². The van der Waals surface area contributed by atoms with Crippen LogP contribution in [-0.4, -0.2) is 32.8 Å². The molecule has 0 amide bonds. The molecule has 0 aromatic carbocycles. The molecule has 0 saturated heterocycles. The lowest BCUT2D eigenvalue weighted by Gasteiger charge is -2.20. The summed E-state index contributed by atoms with van der Waals surface area (Å²) in [6, 6.07) is 4.04. The number of H-pyrrole nitrogens is 1. The van der Waals surface area contributed by atoms with Gasteiger partial charge in [0.1, 0.15) is 5.76 Å². The maximum absolute atomic E-state index is 6.02. The van der Waals surface area contributed by atoms with Gasteiger partial charge in [-0.3, -0.25) is 14.6 Å². The molecule has 0 spiro atoms. The standard InChI is InChI=1S/C17H28N4OS/c1-4-7-11-20(12-8-5-2)13-14-9-10-15(22-14)16-18-19-17(23)21(16)6-3/h9-10H,4-8,11-13H2,1-3H3,(H,19,23). The minimum atomic E-state index is 0.632. The number of nitrogens with one attached hydrogen (secondary N) is 1. The van der Waals surface area contributed by atoms with E-state index in [9.17, 15) is 0 Å². The molecule has 0 aliphatic heterocycles. The van der Waals surface area contributed by atoms with E-state index in [4.69, 9.17) is 16.6 Å². The molecule has 2 aromatic heterocycles. The first kappa shape index (κ1) is 17.9. The van der Waals surface area contributed by atoms with E-state index in [-0.39, 0.29) is 0 Å². The van der Waals surface area contributed by atoms with Crippen LogP contribution in [0.2, 0.25) is 0 Å². The molecule has 2 aromatic rings. The molecule has 0 aliphatic rings. The Kier molecular flexibility index (Phi) is 7.05. The Morgan fingerprint density at radius 2 is 1.87 bits per heavy atom. The molecule has 0 unspecified atom stereocenters. The summed E-state index contributed by atoms with van der Waals surface area (Å²) in [5, 5.41) is 7.12. The van der Waals surface area contributed by atoms with Crippen LogP contribution in [0.25, 0.3) is 11.6 Å². The Labute approximate surface area is 143 Å². The lowest BCUT2D eigenvalue weighted by Crippen LogP contribution is -2.25. The maximum Gasteiger partial charge on any atom is 0.198 e. The van der Waals surface area contributed by atoms with Crippen LogP contribution in [0.1, 0.15) is 52.2 Å². The Hall–Kier alpha value is -1.40. The van der Waals surface area contributed by atoms with Crippen molar-refractivity contribution < 1.29 is 4.42 Å². The predicted molar refractivity (Wildman–Crippen MR) is 95.9 cm³/mol. The monoisotopic (exact) mass is 336 g/mol. The zero-order valence-electron chi connectivity index (χ0n) is 14.5. The van der Waals surface area contributed by atoms with E-state index < -0.39 is 0 Å². The molecule has 6 heteroatoms. The van der Waals surface area contributed by atoms with E-state index in [1.807, 2.05) is 10.6 Å². The molecule has 0 saturated carbocycles. The summed E-state index contributed by atoms with van der Waals surface area (Å²) in [6.07, 6.45) is 4.90. The van der Waals surface area contributed by atoms with Crippen LogP contribution in [0.3, 0.4) is 0 Å². The summed E-state index contributed by atoms with van der Waals surface area (Å²) >= 11 is 5.24. The van der Waals surface area contributed by atoms with Gasteiger partial charge in [-0.15, -0.1) is 0 Å². The van der Waals surface area contributed by atoms with E-state index in [0.717, 1.165) is 43.5 Å². The van der Waals surface area contributed by atoms with Crippen LogP contribution in [0, 0.1) is 4.77 Å². The van der Waals surface area contributed by atoms with Crippen LogP contribution >= 0.6 is 12.2 Å². The quantitative estimate of drug-likeness (QED) is 0.643. The Morgan fingerprint density at radius 1 is 1.17 bits per heavy atom. The number of nitrogens with zero attached hydrogens (tertiary/aromatic N) is 3. The molecule has 1 N–H and O–H groups in total. The van der Waals surface area contributed by atoms with Crippen LogP contribution in [-0.2, 0) is 13.1 Å². The Balaban J connectivity index is 2.09. The summed E-state index contributed by atoms with van der Waals surface area (Å²) in [5.41, 5.74) is 0. The van der Waals surface area contributed by atoms with Gasteiger partial charge >= 0.3 is 0 Å². The summed E-state index contributed by atoms with van der Waals surface area (Å²) in [4.78, 5) is 2.48. The molecular weight excluding hydrogens is 308 g/mol. The fourth-order valence-electron chi connectivity index (χ4n) is 2.64. The molecule has 128 valence electrons. The van der Waals surface area contributed by atoms with Crippen molar-refractivity contribution in [2.24, 2.45) is 0 Å². The molecule has 0 bridgehead atoms. The molecule has 0 radical (unpaired) electrons. The van der Waals surface area contributed by atoms with Gasteiger partial charge in [0.25, 0.3) is 0 Å². The van der Waals surface area contributed by atoms with Crippen LogP contribution in [0.4, 0.5) is 0 Å². The number of aromatic nitrogens is 3. The van der Waals surface area contributed by atoms with E-state index in [1.54, 1.807) is 0 Å². The van der Waals surface area contributed by atoms with Crippen LogP contribution in [0.15, 0.2) is 16.5 Å². The molecule has 0 atom stereocenters. The minimum Gasteiger partial charge on any atom is -0.456 e. The van der Waals surface area contributed by atoms with Crippen molar-refractivity contribution in [1.82, 2.24) is 19.7 Å². The van der Waals surface area contributed by atoms with Gasteiger partial charge in [-0.05, 0) is 57.2 Å². The number of hydrogen-bond donors (Lipinski definition) is 1. The van der Waals surface area contributed by atoms with Gasteiger partial charge < -0.3 is 4.42 Å². The maximum atomic E-state index is 6.02. The van der Waals surface area contributed by atoms with Crippen LogP contribution in [0.5, 0.6) is 0 Å². The van der Waals surface area contributed by atoms with Gasteiger partial charge in [0.05, 0.1) is 6.54 Å². The van der Waals surface area contributed by atoms with Gasteiger partial charge in [-0.2, -0.15) is 5.10 Å². The Morgan fingerprint density at radius 3 is 2.48 bits per heavy atom. The summed E-state index contributed by atoms with van der Waals surface area (Å²) in [6.45, 7) is 10.4.